The Bertz CT molecular complexity index is 847. The average Bonchev–Trinajstić information content (AvgIpc) is 2.67. The number of rotatable bonds is 11. The molecule has 0 fully saturated rings. The zero-order chi connectivity index (χ0) is 23.6. The fourth-order valence-electron chi connectivity index (χ4n) is 3.34. The highest BCUT2D eigenvalue weighted by molar-refractivity contribution is 5.64. The summed E-state index contributed by atoms with van der Waals surface area (Å²) in [5, 5.41) is 30.9. The molecule has 1 rings (SSSR count). The monoisotopic (exact) mass is 426 g/mol. The van der Waals surface area contributed by atoms with Gasteiger partial charge in [-0.15, -0.1) is 0 Å². The summed E-state index contributed by atoms with van der Waals surface area (Å²) in [6.07, 6.45) is 15.9. The molecule has 1 atom stereocenters. The first-order valence-corrected chi connectivity index (χ1v) is 11.3. The second-order valence-electron chi connectivity index (χ2n) is 9.27. The molecule has 3 heteroatoms. The first-order chi connectivity index (χ1) is 14.4. The van der Waals surface area contributed by atoms with E-state index in [2.05, 4.69) is 45.9 Å². The lowest BCUT2D eigenvalue weighted by Crippen LogP contribution is -2.19. The number of aromatic hydroxyl groups is 2. The van der Waals surface area contributed by atoms with Crippen molar-refractivity contribution in [2.45, 2.75) is 92.6 Å². The van der Waals surface area contributed by atoms with Gasteiger partial charge in [0.05, 0.1) is 5.60 Å². The molecule has 0 aliphatic rings. The molecule has 0 aliphatic heterocycles. The van der Waals surface area contributed by atoms with Gasteiger partial charge in [0.1, 0.15) is 11.5 Å². The minimum atomic E-state index is -0.987. The highest BCUT2D eigenvalue weighted by atomic mass is 16.3. The predicted octanol–water partition coefficient (Wildman–Crippen LogP) is 7.68. The molecule has 0 spiro atoms. The van der Waals surface area contributed by atoms with Crippen LogP contribution in [0.25, 0.3) is 6.08 Å². The Labute approximate surface area is 189 Å². The van der Waals surface area contributed by atoms with Crippen molar-refractivity contribution >= 4 is 6.08 Å². The molecule has 0 radical (unpaired) electrons. The highest BCUT2D eigenvalue weighted by Gasteiger charge is 2.16. The first kappa shape index (κ1) is 26.8. The van der Waals surface area contributed by atoms with Gasteiger partial charge in [-0.3, -0.25) is 0 Å². The van der Waals surface area contributed by atoms with E-state index in [1.165, 1.54) is 22.8 Å². The molecule has 3 N–H and O–H groups in total. The zero-order valence-corrected chi connectivity index (χ0v) is 20.5. The van der Waals surface area contributed by atoms with Crippen LogP contribution >= 0.6 is 0 Å². The van der Waals surface area contributed by atoms with Crippen molar-refractivity contribution in [3.63, 3.8) is 0 Å². The first-order valence-electron chi connectivity index (χ1n) is 11.3. The molecule has 0 aromatic heterocycles. The summed E-state index contributed by atoms with van der Waals surface area (Å²) in [6.45, 7) is 13.9. The Morgan fingerprint density at radius 3 is 2.00 bits per heavy atom. The van der Waals surface area contributed by atoms with Crippen LogP contribution in [-0.4, -0.2) is 20.9 Å². The summed E-state index contributed by atoms with van der Waals surface area (Å²) >= 11 is 0. The second kappa shape index (κ2) is 12.6. The van der Waals surface area contributed by atoms with Gasteiger partial charge in [-0.1, -0.05) is 47.1 Å². The fourth-order valence-corrected chi connectivity index (χ4v) is 3.34. The highest BCUT2D eigenvalue weighted by Crippen LogP contribution is 2.33. The lowest BCUT2D eigenvalue weighted by molar-refractivity contribution is 0.104. The van der Waals surface area contributed by atoms with Gasteiger partial charge in [0, 0.05) is 5.56 Å². The molecule has 1 aromatic rings. The molecule has 0 aliphatic carbocycles. The van der Waals surface area contributed by atoms with Gasteiger partial charge in [-0.25, -0.2) is 0 Å². The smallest absolute Gasteiger partial charge is 0.126 e. The Balaban J connectivity index is 2.55. The fraction of sp³-hybridized carbons (Fsp3) is 0.500. The van der Waals surface area contributed by atoms with Crippen LogP contribution in [0.1, 0.15) is 89.8 Å². The van der Waals surface area contributed by atoms with Crippen LogP contribution in [0.4, 0.5) is 0 Å². The minimum absolute atomic E-state index is 0.141. The van der Waals surface area contributed by atoms with Gasteiger partial charge < -0.3 is 15.3 Å². The summed E-state index contributed by atoms with van der Waals surface area (Å²) in [4.78, 5) is 0. The maximum atomic E-state index is 10.7. The van der Waals surface area contributed by atoms with E-state index >= 15 is 0 Å². The molecule has 3 nitrogen and oxygen atoms in total. The van der Waals surface area contributed by atoms with E-state index < -0.39 is 5.60 Å². The lowest BCUT2D eigenvalue weighted by Gasteiger charge is -2.18. The van der Waals surface area contributed by atoms with Crippen molar-refractivity contribution in [1.29, 1.82) is 0 Å². The molecule has 0 saturated carbocycles. The summed E-state index contributed by atoms with van der Waals surface area (Å²) in [5.74, 6) is 0.289. The number of aliphatic hydroxyl groups is 1. The van der Waals surface area contributed by atoms with Crippen LogP contribution in [0.3, 0.4) is 0 Å². The van der Waals surface area contributed by atoms with E-state index in [1.807, 2.05) is 0 Å². The van der Waals surface area contributed by atoms with Crippen LogP contribution in [0, 0.1) is 13.8 Å². The number of hydrogen-bond acceptors (Lipinski definition) is 3. The van der Waals surface area contributed by atoms with Crippen molar-refractivity contribution in [1.82, 2.24) is 0 Å². The van der Waals surface area contributed by atoms with E-state index in [4.69, 9.17) is 0 Å². The quantitative estimate of drug-likeness (QED) is 0.251. The van der Waals surface area contributed by atoms with Crippen LogP contribution in [0.5, 0.6) is 11.5 Å². The normalized spacial score (nSPS) is 14.7. The standard InChI is InChI=1S/C28H42O3/c1-20(2)11-8-12-21(3)13-9-14-22(4)15-10-17-28(7,31)18-16-25-19-26(29)23(5)24(6)27(25)30/h11,13,15-16,18-19,29-31H,8-10,12,14,17H2,1-7H3/b18-16+,21-13?,22-15?. The van der Waals surface area contributed by atoms with Gasteiger partial charge in [0.25, 0.3) is 0 Å². The lowest BCUT2D eigenvalue weighted by atomic mass is 9.96. The number of phenolic OH excluding ortho intramolecular Hbond substituents is 2. The van der Waals surface area contributed by atoms with E-state index in [-0.39, 0.29) is 11.5 Å². The van der Waals surface area contributed by atoms with Gasteiger partial charge in [-0.05, 0) is 104 Å². The number of phenols is 2. The Morgan fingerprint density at radius 1 is 0.871 bits per heavy atom. The molecule has 31 heavy (non-hydrogen) atoms. The average molecular weight is 427 g/mol. The second-order valence-corrected chi connectivity index (χ2v) is 9.27. The van der Waals surface area contributed by atoms with Gasteiger partial charge in [0.15, 0.2) is 0 Å². The van der Waals surface area contributed by atoms with Gasteiger partial charge >= 0.3 is 0 Å². The summed E-state index contributed by atoms with van der Waals surface area (Å²) in [7, 11) is 0. The van der Waals surface area contributed by atoms with E-state index in [9.17, 15) is 15.3 Å². The van der Waals surface area contributed by atoms with Crippen molar-refractivity contribution in [2.24, 2.45) is 0 Å². The van der Waals surface area contributed by atoms with E-state index in [0.29, 0.717) is 23.1 Å². The molecule has 1 aromatic carbocycles. The van der Waals surface area contributed by atoms with Gasteiger partial charge in [0.2, 0.25) is 0 Å². The maximum Gasteiger partial charge on any atom is 0.126 e. The Kier molecular flexibility index (Phi) is 10.8. The van der Waals surface area contributed by atoms with Crippen LogP contribution in [0.2, 0.25) is 0 Å². The molecule has 0 saturated heterocycles. The Morgan fingerprint density at radius 2 is 1.42 bits per heavy atom. The van der Waals surface area contributed by atoms with Crippen LogP contribution in [-0.2, 0) is 0 Å². The molecule has 0 amide bonds. The maximum absolute atomic E-state index is 10.7. The van der Waals surface area contributed by atoms with Crippen LogP contribution in [0.15, 0.2) is 47.1 Å². The minimum Gasteiger partial charge on any atom is -0.508 e. The van der Waals surface area contributed by atoms with E-state index in [0.717, 1.165) is 32.1 Å². The molecule has 172 valence electrons. The Hall–Kier alpha value is -2.26. The van der Waals surface area contributed by atoms with Crippen molar-refractivity contribution < 1.29 is 15.3 Å². The number of benzene rings is 1. The van der Waals surface area contributed by atoms with Crippen molar-refractivity contribution in [3.8, 4) is 11.5 Å². The SMILES string of the molecule is CC(C)=CCCC(C)=CCCC(C)=CCCC(C)(O)/C=C/c1cc(O)c(C)c(C)c1O. The van der Waals surface area contributed by atoms with Gasteiger partial charge in [-0.2, -0.15) is 0 Å². The largest absolute Gasteiger partial charge is 0.508 e. The number of allylic oxidation sites excluding steroid dienone is 6. The topological polar surface area (TPSA) is 60.7 Å². The summed E-state index contributed by atoms with van der Waals surface area (Å²) in [5.41, 5.74) is 5.00. The molecular formula is C28H42O3. The molecule has 0 heterocycles. The summed E-state index contributed by atoms with van der Waals surface area (Å²) in [6, 6.07) is 1.53. The molecule has 0 bridgehead atoms. The molecular weight excluding hydrogens is 384 g/mol. The third-order valence-corrected chi connectivity index (χ3v) is 5.76. The van der Waals surface area contributed by atoms with Crippen molar-refractivity contribution in [3.05, 3.63) is 63.8 Å². The predicted molar refractivity (Wildman–Crippen MR) is 134 cm³/mol. The van der Waals surface area contributed by atoms with E-state index in [1.54, 1.807) is 32.9 Å². The third kappa shape index (κ3) is 10.1. The summed E-state index contributed by atoms with van der Waals surface area (Å²) < 4.78 is 0. The third-order valence-electron chi connectivity index (χ3n) is 5.76. The van der Waals surface area contributed by atoms with Crippen LogP contribution < -0.4 is 0 Å². The molecule has 1 unspecified atom stereocenters. The number of hydrogen-bond donors (Lipinski definition) is 3. The zero-order valence-electron chi connectivity index (χ0n) is 20.5. The van der Waals surface area contributed by atoms with Crippen molar-refractivity contribution in [2.75, 3.05) is 0 Å².